The van der Waals surface area contributed by atoms with E-state index < -0.39 is 0 Å². The van der Waals surface area contributed by atoms with Gasteiger partial charge in [-0.05, 0) is 42.5 Å². The third-order valence-electron chi connectivity index (χ3n) is 3.88. The standard InChI is InChI=1S/C18H17N3O3/c1-2-16(23-11-1)7-8-17-19-18(20-24-17)14-3-5-15(6-4-14)21-9-12-22-13-10-21/h1-8,11H,9-10,12-13H2. The topological polar surface area (TPSA) is 64.5 Å². The summed E-state index contributed by atoms with van der Waals surface area (Å²) in [4.78, 5) is 6.69. The summed E-state index contributed by atoms with van der Waals surface area (Å²) in [6.07, 6.45) is 5.14. The molecule has 1 aliphatic heterocycles. The van der Waals surface area contributed by atoms with Crippen LogP contribution in [0.4, 0.5) is 5.69 Å². The lowest BCUT2D eigenvalue weighted by atomic mass is 10.2. The van der Waals surface area contributed by atoms with Gasteiger partial charge in [-0.1, -0.05) is 5.16 Å². The quantitative estimate of drug-likeness (QED) is 0.734. The van der Waals surface area contributed by atoms with Crippen LogP contribution in [-0.4, -0.2) is 36.4 Å². The van der Waals surface area contributed by atoms with E-state index in [2.05, 4.69) is 27.2 Å². The highest BCUT2D eigenvalue weighted by Gasteiger charge is 2.12. The monoisotopic (exact) mass is 323 g/mol. The Morgan fingerprint density at radius 2 is 1.83 bits per heavy atom. The van der Waals surface area contributed by atoms with Gasteiger partial charge in [-0.15, -0.1) is 0 Å². The van der Waals surface area contributed by atoms with E-state index in [-0.39, 0.29) is 0 Å². The van der Waals surface area contributed by atoms with Crippen molar-refractivity contribution in [2.45, 2.75) is 0 Å². The molecule has 1 aromatic carbocycles. The molecule has 0 bridgehead atoms. The summed E-state index contributed by atoms with van der Waals surface area (Å²) < 4.78 is 15.9. The molecule has 2 aromatic heterocycles. The Bertz CT molecular complexity index is 800. The SMILES string of the molecule is C(=Cc1nc(-c2ccc(N3CCOCC3)cc2)no1)c1ccco1. The van der Waals surface area contributed by atoms with Gasteiger partial charge >= 0.3 is 0 Å². The number of nitrogens with zero attached hydrogens (tertiary/aromatic N) is 3. The van der Waals surface area contributed by atoms with Gasteiger partial charge in [0.25, 0.3) is 5.89 Å². The molecule has 4 rings (SSSR count). The summed E-state index contributed by atoms with van der Waals surface area (Å²) in [5.41, 5.74) is 2.11. The first-order valence-corrected chi connectivity index (χ1v) is 7.87. The molecule has 24 heavy (non-hydrogen) atoms. The van der Waals surface area contributed by atoms with E-state index in [0.717, 1.165) is 37.6 Å². The number of benzene rings is 1. The number of furan rings is 1. The van der Waals surface area contributed by atoms with Crippen LogP contribution in [0, 0.1) is 0 Å². The minimum atomic E-state index is 0.443. The average molecular weight is 323 g/mol. The predicted molar refractivity (Wildman–Crippen MR) is 90.4 cm³/mol. The fourth-order valence-electron chi connectivity index (χ4n) is 2.60. The average Bonchev–Trinajstić information content (AvgIpc) is 3.33. The van der Waals surface area contributed by atoms with E-state index >= 15 is 0 Å². The van der Waals surface area contributed by atoms with Crippen molar-refractivity contribution in [2.24, 2.45) is 0 Å². The molecule has 1 saturated heterocycles. The van der Waals surface area contributed by atoms with Crippen LogP contribution >= 0.6 is 0 Å². The normalized spacial score (nSPS) is 15.2. The number of morpholine rings is 1. The van der Waals surface area contributed by atoms with Crippen molar-refractivity contribution >= 4 is 17.8 Å². The fourth-order valence-corrected chi connectivity index (χ4v) is 2.60. The summed E-state index contributed by atoms with van der Waals surface area (Å²) in [7, 11) is 0. The minimum Gasteiger partial charge on any atom is -0.465 e. The van der Waals surface area contributed by atoms with Crippen molar-refractivity contribution in [3.8, 4) is 11.4 Å². The smallest absolute Gasteiger partial charge is 0.251 e. The molecule has 0 atom stereocenters. The molecule has 122 valence electrons. The first kappa shape index (κ1) is 14.7. The van der Waals surface area contributed by atoms with Crippen LogP contribution in [0.2, 0.25) is 0 Å². The number of hydrogen-bond donors (Lipinski definition) is 0. The van der Waals surface area contributed by atoms with Crippen LogP contribution in [0.25, 0.3) is 23.5 Å². The largest absolute Gasteiger partial charge is 0.465 e. The van der Waals surface area contributed by atoms with Crippen molar-refractivity contribution in [2.75, 3.05) is 31.2 Å². The number of hydrogen-bond acceptors (Lipinski definition) is 6. The summed E-state index contributed by atoms with van der Waals surface area (Å²) >= 11 is 0. The van der Waals surface area contributed by atoms with Crippen molar-refractivity contribution in [3.63, 3.8) is 0 Å². The zero-order chi connectivity index (χ0) is 16.2. The Morgan fingerprint density at radius 1 is 1.00 bits per heavy atom. The zero-order valence-electron chi connectivity index (χ0n) is 13.1. The maximum absolute atomic E-state index is 5.38. The summed E-state index contributed by atoms with van der Waals surface area (Å²) in [6, 6.07) is 11.9. The van der Waals surface area contributed by atoms with Gasteiger partial charge in [-0.2, -0.15) is 4.98 Å². The fraction of sp³-hybridized carbons (Fsp3) is 0.222. The second-order valence-corrected chi connectivity index (χ2v) is 5.45. The second kappa shape index (κ2) is 6.72. The third kappa shape index (κ3) is 3.23. The van der Waals surface area contributed by atoms with Gasteiger partial charge in [0, 0.05) is 30.4 Å². The molecule has 0 amide bonds. The molecule has 3 heterocycles. The zero-order valence-corrected chi connectivity index (χ0v) is 13.1. The predicted octanol–water partition coefficient (Wildman–Crippen LogP) is 3.34. The molecule has 0 radical (unpaired) electrons. The first-order chi connectivity index (χ1) is 11.9. The lowest BCUT2D eigenvalue weighted by Crippen LogP contribution is -2.36. The van der Waals surface area contributed by atoms with Crippen LogP contribution in [0.15, 0.2) is 51.6 Å². The van der Waals surface area contributed by atoms with Crippen LogP contribution < -0.4 is 4.90 Å². The Hall–Kier alpha value is -2.86. The molecule has 6 heteroatoms. The molecular weight excluding hydrogens is 306 g/mol. The Labute approximate surface area is 139 Å². The van der Waals surface area contributed by atoms with Crippen molar-refractivity contribution in [1.29, 1.82) is 0 Å². The summed E-state index contributed by atoms with van der Waals surface area (Å²) in [6.45, 7) is 3.39. The molecule has 0 spiro atoms. The van der Waals surface area contributed by atoms with Gasteiger partial charge in [-0.25, -0.2) is 0 Å². The van der Waals surface area contributed by atoms with Gasteiger partial charge in [0.2, 0.25) is 5.82 Å². The second-order valence-electron chi connectivity index (χ2n) is 5.45. The van der Waals surface area contributed by atoms with Crippen molar-refractivity contribution in [3.05, 3.63) is 54.3 Å². The van der Waals surface area contributed by atoms with Gasteiger partial charge < -0.3 is 18.6 Å². The van der Waals surface area contributed by atoms with E-state index in [9.17, 15) is 0 Å². The van der Waals surface area contributed by atoms with Crippen LogP contribution in [-0.2, 0) is 4.74 Å². The van der Waals surface area contributed by atoms with E-state index in [4.69, 9.17) is 13.7 Å². The van der Waals surface area contributed by atoms with E-state index in [0.29, 0.717) is 11.7 Å². The van der Waals surface area contributed by atoms with Crippen LogP contribution in [0.5, 0.6) is 0 Å². The molecule has 0 saturated carbocycles. The maximum Gasteiger partial charge on any atom is 0.251 e. The summed E-state index contributed by atoms with van der Waals surface area (Å²) in [5, 5.41) is 4.03. The number of ether oxygens (including phenoxy) is 1. The molecule has 6 nitrogen and oxygen atoms in total. The molecule has 1 fully saturated rings. The third-order valence-corrected chi connectivity index (χ3v) is 3.88. The van der Waals surface area contributed by atoms with Gasteiger partial charge in [0.1, 0.15) is 5.76 Å². The van der Waals surface area contributed by atoms with E-state index in [1.807, 2.05) is 24.3 Å². The molecule has 0 aliphatic carbocycles. The van der Waals surface area contributed by atoms with Gasteiger partial charge in [-0.3, -0.25) is 0 Å². The highest BCUT2D eigenvalue weighted by Crippen LogP contribution is 2.22. The maximum atomic E-state index is 5.38. The Balaban J connectivity index is 1.47. The van der Waals surface area contributed by atoms with Gasteiger partial charge in [0.05, 0.1) is 19.5 Å². The Kier molecular flexibility index (Phi) is 4.12. The summed E-state index contributed by atoms with van der Waals surface area (Å²) in [5.74, 6) is 1.76. The molecule has 1 aliphatic rings. The minimum absolute atomic E-state index is 0.443. The van der Waals surface area contributed by atoms with E-state index in [1.165, 1.54) is 5.69 Å². The highest BCUT2D eigenvalue weighted by atomic mass is 16.5. The first-order valence-electron chi connectivity index (χ1n) is 7.87. The van der Waals surface area contributed by atoms with Crippen molar-refractivity contribution in [1.82, 2.24) is 10.1 Å². The molecule has 3 aromatic rings. The number of anilines is 1. The van der Waals surface area contributed by atoms with Crippen LogP contribution in [0.1, 0.15) is 11.7 Å². The van der Waals surface area contributed by atoms with E-state index in [1.54, 1.807) is 18.4 Å². The number of rotatable bonds is 4. The molecular formula is C18H17N3O3. The van der Waals surface area contributed by atoms with Gasteiger partial charge in [0.15, 0.2) is 0 Å². The lowest BCUT2D eigenvalue weighted by Gasteiger charge is -2.28. The molecule has 0 N–H and O–H groups in total. The lowest BCUT2D eigenvalue weighted by molar-refractivity contribution is 0.122. The highest BCUT2D eigenvalue weighted by molar-refractivity contribution is 5.65. The molecule has 0 unspecified atom stereocenters. The van der Waals surface area contributed by atoms with Crippen LogP contribution in [0.3, 0.4) is 0 Å². The number of aromatic nitrogens is 2. The van der Waals surface area contributed by atoms with Crippen molar-refractivity contribution < 1.29 is 13.7 Å². The Morgan fingerprint density at radius 3 is 2.58 bits per heavy atom.